The molecule has 0 unspecified atom stereocenters. The van der Waals surface area contributed by atoms with Crippen molar-refractivity contribution >= 4 is 33.5 Å². The number of oxazole rings is 1. The second-order valence-electron chi connectivity index (χ2n) is 4.29. The summed E-state index contributed by atoms with van der Waals surface area (Å²) in [5.74, 6) is -0.558. The van der Waals surface area contributed by atoms with Crippen LogP contribution in [0.25, 0.3) is 11.1 Å². The molecule has 2 heterocycles. The van der Waals surface area contributed by atoms with Gasteiger partial charge in [-0.15, -0.1) is 11.3 Å². The summed E-state index contributed by atoms with van der Waals surface area (Å²) in [5.41, 5.74) is 2.00. The van der Waals surface area contributed by atoms with Crippen LogP contribution in [0.2, 0.25) is 0 Å². The first-order chi connectivity index (χ1) is 9.63. The van der Waals surface area contributed by atoms with Crippen molar-refractivity contribution in [1.29, 1.82) is 0 Å². The highest BCUT2D eigenvalue weighted by Gasteiger charge is 2.09. The Morgan fingerprint density at radius 1 is 1.50 bits per heavy atom. The molecule has 0 atom stereocenters. The molecule has 7 heteroatoms. The molecular weight excluding hydrogens is 278 g/mol. The van der Waals surface area contributed by atoms with Gasteiger partial charge >= 0.3 is 5.76 Å². The first kappa shape index (κ1) is 12.6. The van der Waals surface area contributed by atoms with Crippen molar-refractivity contribution in [2.45, 2.75) is 6.42 Å². The molecule has 1 aromatic carbocycles. The van der Waals surface area contributed by atoms with Crippen molar-refractivity contribution in [3.05, 3.63) is 45.9 Å². The van der Waals surface area contributed by atoms with Crippen LogP contribution >= 0.6 is 11.3 Å². The van der Waals surface area contributed by atoms with E-state index in [1.165, 1.54) is 15.9 Å². The van der Waals surface area contributed by atoms with E-state index in [1.54, 1.807) is 36.8 Å². The quantitative estimate of drug-likeness (QED) is 0.797. The van der Waals surface area contributed by atoms with Crippen LogP contribution in [0.1, 0.15) is 5.56 Å². The molecule has 0 fully saturated rings. The zero-order chi connectivity index (χ0) is 14.1. The summed E-state index contributed by atoms with van der Waals surface area (Å²) in [6.45, 7) is 0. The lowest BCUT2D eigenvalue weighted by Crippen LogP contribution is -2.14. The molecule has 3 aromatic rings. The number of carbonyl (C=O) groups excluding carboxylic acids is 1. The number of nitrogens with one attached hydrogen (secondary N) is 1. The predicted octanol–water partition coefficient (Wildman–Crippen LogP) is 1.77. The van der Waals surface area contributed by atoms with E-state index in [9.17, 15) is 9.59 Å². The summed E-state index contributed by atoms with van der Waals surface area (Å²) >= 11 is 1.37. The maximum atomic E-state index is 11.9. The third-order valence-electron chi connectivity index (χ3n) is 2.90. The minimum Gasteiger partial charge on any atom is -0.408 e. The monoisotopic (exact) mass is 289 g/mol. The van der Waals surface area contributed by atoms with Crippen molar-refractivity contribution < 1.29 is 9.21 Å². The van der Waals surface area contributed by atoms with E-state index in [4.69, 9.17) is 4.42 Å². The van der Waals surface area contributed by atoms with Gasteiger partial charge in [0.2, 0.25) is 5.91 Å². The molecule has 0 saturated heterocycles. The zero-order valence-corrected chi connectivity index (χ0v) is 11.4. The fourth-order valence-electron chi connectivity index (χ4n) is 1.92. The third kappa shape index (κ3) is 2.35. The Labute approximate surface area is 117 Å². The largest absolute Gasteiger partial charge is 0.419 e. The van der Waals surface area contributed by atoms with E-state index in [-0.39, 0.29) is 12.3 Å². The van der Waals surface area contributed by atoms with Crippen LogP contribution < -0.4 is 11.1 Å². The Kier molecular flexibility index (Phi) is 3.11. The summed E-state index contributed by atoms with van der Waals surface area (Å²) in [6.07, 6.45) is 1.85. The number of hydrogen-bond acceptors (Lipinski definition) is 5. The lowest BCUT2D eigenvalue weighted by molar-refractivity contribution is -0.115. The molecule has 3 rings (SSSR count). The summed E-state index contributed by atoms with van der Waals surface area (Å²) in [4.78, 5) is 27.3. The van der Waals surface area contributed by atoms with Crippen molar-refractivity contribution in [2.75, 3.05) is 5.32 Å². The van der Waals surface area contributed by atoms with Gasteiger partial charge < -0.3 is 9.73 Å². The van der Waals surface area contributed by atoms with Gasteiger partial charge in [0.25, 0.3) is 0 Å². The van der Waals surface area contributed by atoms with Gasteiger partial charge in [0.1, 0.15) is 0 Å². The molecule has 0 saturated carbocycles. The molecule has 0 aliphatic heterocycles. The molecule has 0 aliphatic rings. The number of nitrogens with zero attached hydrogens (tertiary/aromatic N) is 2. The van der Waals surface area contributed by atoms with Crippen molar-refractivity contribution in [1.82, 2.24) is 9.55 Å². The van der Waals surface area contributed by atoms with Gasteiger partial charge in [0.05, 0.1) is 11.9 Å². The first-order valence-electron chi connectivity index (χ1n) is 5.91. The molecule has 20 heavy (non-hydrogen) atoms. The lowest BCUT2D eigenvalue weighted by Gasteiger charge is -2.02. The van der Waals surface area contributed by atoms with Crippen LogP contribution in [-0.4, -0.2) is 15.5 Å². The van der Waals surface area contributed by atoms with Gasteiger partial charge in [-0.3, -0.25) is 9.36 Å². The highest BCUT2D eigenvalue weighted by Crippen LogP contribution is 2.16. The van der Waals surface area contributed by atoms with E-state index < -0.39 is 5.76 Å². The van der Waals surface area contributed by atoms with Gasteiger partial charge in [-0.2, -0.15) is 0 Å². The van der Waals surface area contributed by atoms with Crippen LogP contribution in [0.5, 0.6) is 0 Å². The van der Waals surface area contributed by atoms with Gasteiger partial charge in [-0.25, -0.2) is 9.78 Å². The lowest BCUT2D eigenvalue weighted by atomic mass is 10.1. The number of hydrogen-bond donors (Lipinski definition) is 1. The van der Waals surface area contributed by atoms with Crippen molar-refractivity contribution in [3.63, 3.8) is 0 Å². The minimum absolute atomic E-state index is 0.146. The molecule has 2 aromatic heterocycles. The van der Waals surface area contributed by atoms with Crippen molar-refractivity contribution in [2.24, 2.45) is 7.05 Å². The Hall–Kier alpha value is -2.41. The highest BCUT2D eigenvalue weighted by molar-refractivity contribution is 7.13. The SMILES string of the molecule is Cn1c(=O)oc2ccc(CC(=O)Nc3nccs3)cc21. The fraction of sp³-hybridized carbons (Fsp3) is 0.154. The topological polar surface area (TPSA) is 77.1 Å². The third-order valence-corrected chi connectivity index (χ3v) is 3.59. The molecule has 0 radical (unpaired) electrons. The minimum atomic E-state index is -0.413. The molecule has 1 amide bonds. The van der Waals surface area contributed by atoms with Gasteiger partial charge in [-0.1, -0.05) is 6.07 Å². The maximum Gasteiger partial charge on any atom is 0.419 e. The Balaban J connectivity index is 1.82. The van der Waals surface area contributed by atoms with Crippen LogP contribution in [0, 0.1) is 0 Å². The highest BCUT2D eigenvalue weighted by atomic mass is 32.1. The van der Waals surface area contributed by atoms with Crippen LogP contribution in [0.4, 0.5) is 5.13 Å². The summed E-state index contributed by atoms with van der Waals surface area (Å²) in [7, 11) is 1.63. The molecule has 0 aliphatic carbocycles. The van der Waals surface area contributed by atoms with E-state index >= 15 is 0 Å². The smallest absolute Gasteiger partial charge is 0.408 e. The van der Waals surface area contributed by atoms with E-state index in [0.29, 0.717) is 16.2 Å². The normalized spacial score (nSPS) is 10.8. The summed E-state index contributed by atoms with van der Waals surface area (Å²) < 4.78 is 6.46. The number of rotatable bonds is 3. The standard InChI is InChI=1S/C13H11N3O3S/c1-16-9-6-8(2-3-10(9)19-13(16)18)7-11(17)15-12-14-4-5-20-12/h2-6H,7H2,1H3,(H,14,15,17). The van der Waals surface area contributed by atoms with Crippen molar-refractivity contribution in [3.8, 4) is 0 Å². The second kappa shape index (κ2) is 4.93. The molecule has 6 nitrogen and oxygen atoms in total. The number of benzene rings is 1. The van der Waals surface area contributed by atoms with E-state index in [1.807, 2.05) is 0 Å². The molecule has 0 bridgehead atoms. The summed E-state index contributed by atoms with van der Waals surface area (Å²) in [6, 6.07) is 5.25. The number of anilines is 1. The molecule has 1 N–H and O–H groups in total. The van der Waals surface area contributed by atoms with E-state index in [0.717, 1.165) is 5.56 Å². The molecular formula is C13H11N3O3S. The second-order valence-corrected chi connectivity index (χ2v) is 5.19. The summed E-state index contributed by atoms with van der Waals surface area (Å²) in [5, 5.41) is 5.09. The van der Waals surface area contributed by atoms with Gasteiger partial charge in [0, 0.05) is 18.6 Å². The average molecular weight is 289 g/mol. The number of thiazole rings is 1. The number of amides is 1. The number of aromatic nitrogens is 2. The average Bonchev–Trinajstić information content (AvgIpc) is 3.00. The fourth-order valence-corrected chi connectivity index (χ4v) is 2.46. The van der Waals surface area contributed by atoms with Crippen LogP contribution in [0.15, 0.2) is 39.0 Å². The maximum absolute atomic E-state index is 11.9. The predicted molar refractivity (Wildman–Crippen MR) is 75.9 cm³/mol. The zero-order valence-electron chi connectivity index (χ0n) is 10.6. The Morgan fingerprint density at radius 2 is 2.35 bits per heavy atom. The number of fused-ring (bicyclic) bond motifs is 1. The number of carbonyl (C=O) groups is 1. The van der Waals surface area contributed by atoms with Gasteiger partial charge in [0.15, 0.2) is 10.7 Å². The van der Waals surface area contributed by atoms with E-state index in [2.05, 4.69) is 10.3 Å². The molecule has 102 valence electrons. The Bertz CT molecular complexity index is 817. The van der Waals surface area contributed by atoms with Crippen LogP contribution in [0.3, 0.4) is 0 Å². The van der Waals surface area contributed by atoms with Crippen LogP contribution in [-0.2, 0) is 18.3 Å². The van der Waals surface area contributed by atoms with Gasteiger partial charge in [-0.05, 0) is 17.7 Å². The molecule has 0 spiro atoms. The first-order valence-corrected chi connectivity index (χ1v) is 6.79. The number of aryl methyl sites for hydroxylation is 1. The Morgan fingerprint density at radius 3 is 3.10 bits per heavy atom.